The van der Waals surface area contributed by atoms with Crippen LogP contribution < -0.4 is 5.32 Å². The maximum atomic E-state index is 12.6. The Labute approximate surface area is 130 Å². The number of nitrogens with zero attached hydrogens (tertiary/aromatic N) is 1. The Bertz CT molecular complexity index is 813. The molecule has 0 atom stereocenters. The van der Waals surface area contributed by atoms with Crippen molar-refractivity contribution >= 4 is 26.7 Å². The van der Waals surface area contributed by atoms with Crippen LogP contribution in [0.5, 0.6) is 0 Å². The van der Waals surface area contributed by atoms with Gasteiger partial charge in [-0.15, -0.1) is 0 Å². The predicted octanol–water partition coefficient (Wildman–Crippen LogP) is 1.74. The molecule has 1 amide bonds. The molecule has 5 nitrogen and oxygen atoms in total. The predicted molar refractivity (Wildman–Crippen MR) is 84.9 cm³/mol. The maximum Gasteiger partial charge on any atom is 0.243 e. The van der Waals surface area contributed by atoms with Gasteiger partial charge in [0, 0.05) is 13.1 Å². The number of sulfonamides is 1. The molecule has 1 aliphatic rings. The van der Waals surface area contributed by atoms with Crippen molar-refractivity contribution in [1.82, 2.24) is 9.62 Å². The quantitative estimate of drug-likeness (QED) is 0.913. The number of hydrogen-bond acceptors (Lipinski definition) is 3. The molecular formula is C16H18N2O3S. The zero-order valence-electron chi connectivity index (χ0n) is 12.3. The van der Waals surface area contributed by atoms with E-state index in [-0.39, 0.29) is 23.4 Å². The molecule has 0 spiro atoms. The van der Waals surface area contributed by atoms with E-state index in [9.17, 15) is 13.2 Å². The summed E-state index contributed by atoms with van der Waals surface area (Å²) in [5.74, 6) is -0.255. The van der Waals surface area contributed by atoms with Gasteiger partial charge in [0.25, 0.3) is 0 Å². The number of likely N-dealkylation sites (N-methyl/N-ethyl adjacent to an activating group) is 1. The molecule has 116 valence electrons. The first-order valence-corrected chi connectivity index (χ1v) is 8.65. The van der Waals surface area contributed by atoms with Crippen LogP contribution in [0.25, 0.3) is 10.8 Å². The van der Waals surface area contributed by atoms with Crippen LogP contribution in [-0.2, 0) is 14.8 Å². The van der Waals surface area contributed by atoms with Crippen molar-refractivity contribution in [3.8, 4) is 0 Å². The van der Waals surface area contributed by atoms with Gasteiger partial charge in [-0.2, -0.15) is 4.31 Å². The first kappa shape index (κ1) is 15.0. The SMILES string of the molecule is CN(CC(=O)NC1CC1)S(=O)(=O)c1ccc2ccccc2c1. The van der Waals surface area contributed by atoms with E-state index >= 15 is 0 Å². The lowest BCUT2D eigenvalue weighted by Gasteiger charge is -2.17. The second-order valence-electron chi connectivity index (χ2n) is 5.61. The molecule has 0 saturated heterocycles. The third-order valence-electron chi connectivity index (χ3n) is 3.74. The van der Waals surface area contributed by atoms with Crippen molar-refractivity contribution in [3.05, 3.63) is 42.5 Å². The third-order valence-corrected chi connectivity index (χ3v) is 5.54. The summed E-state index contributed by atoms with van der Waals surface area (Å²) >= 11 is 0. The summed E-state index contributed by atoms with van der Waals surface area (Å²) in [5.41, 5.74) is 0. The van der Waals surface area contributed by atoms with Gasteiger partial charge in [0.15, 0.2) is 0 Å². The van der Waals surface area contributed by atoms with Crippen LogP contribution >= 0.6 is 0 Å². The van der Waals surface area contributed by atoms with Crippen LogP contribution in [0, 0.1) is 0 Å². The normalized spacial score (nSPS) is 15.2. The van der Waals surface area contributed by atoms with Gasteiger partial charge in [-0.3, -0.25) is 4.79 Å². The van der Waals surface area contributed by atoms with Crippen molar-refractivity contribution in [3.63, 3.8) is 0 Å². The van der Waals surface area contributed by atoms with Crippen LogP contribution in [0.2, 0.25) is 0 Å². The summed E-state index contributed by atoms with van der Waals surface area (Å²) in [4.78, 5) is 12.0. The van der Waals surface area contributed by atoms with Crippen molar-refractivity contribution in [2.45, 2.75) is 23.8 Å². The minimum absolute atomic E-state index is 0.161. The zero-order chi connectivity index (χ0) is 15.7. The minimum Gasteiger partial charge on any atom is -0.352 e. The largest absolute Gasteiger partial charge is 0.352 e. The number of nitrogens with one attached hydrogen (secondary N) is 1. The van der Waals surface area contributed by atoms with Gasteiger partial charge in [0.1, 0.15) is 0 Å². The summed E-state index contributed by atoms with van der Waals surface area (Å²) in [6, 6.07) is 12.8. The molecule has 22 heavy (non-hydrogen) atoms. The first-order valence-electron chi connectivity index (χ1n) is 7.21. The highest BCUT2D eigenvalue weighted by Crippen LogP contribution is 2.22. The van der Waals surface area contributed by atoms with Crippen LogP contribution in [0.4, 0.5) is 0 Å². The molecule has 0 bridgehead atoms. The van der Waals surface area contributed by atoms with Crippen molar-refractivity contribution in [2.24, 2.45) is 0 Å². The van der Waals surface area contributed by atoms with E-state index < -0.39 is 10.0 Å². The molecule has 0 radical (unpaired) electrons. The standard InChI is InChI=1S/C16H18N2O3S/c1-18(11-16(19)17-14-7-8-14)22(20,21)15-9-6-12-4-2-3-5-13(12)10-15/h2-6,9-10,14H,7-8,11H2,1H3,(H,17,19). The molecular weight excluding hydrogens is 300 g/mol. The van der Waals surface area contributed by atoms with E-state index in [1.165, 1.54) is 7.05 Å². The molecule has 1 N–H and O–H groups in total. The fraction of sp³-hybridized carbons (Fsp3) is 0.312. The number of rotatable bonds is 5. The van der Waals surface area contributed by atoms with Gasteiger partial charge in [0.05, 0.1) is 11.4 Å². The Morgan fingerprint density at radius 1 is 1.18 bits per heavy atom. The van der Waals surface area contributed by atoms with E-state index in [4.69, 9.17) is 0 Å². The summed E-state index contributed by atoms with van der Waals surface area (Å²) in [6.45, 7) is -0.161. The number of carbonyl (C=O) groups excluding carboxylic acids is 1. The molecule has 0 heterocycles. The average molecular weight is 318 g/mol. The topological polar surface area (TPSA) is 66.5 Å². The zero-order valence-corrected chi connectivity index (χ0v) is 13.1. The third kappa shape index (κ3) is 3.13. The molecule has 2 aromatic carbocycles. The lowest BCUT2D eigenvalue weighted by Crippen LogP contribution is -2.39. The summed E-state index contributed by atoms with van der Waals surface area (Å²) in [7, 11) is -2.24. The van der Waals surface area contributed by atoms with E-state index in [0.29, 0.717) is 0 Å². The minimum atomic E-state index is -3.67. The Kier molecular flexibility index (Phi) is 3.88. The summed E-state index contributed by atoms with van der Waals surface area (Å²) in [5, 5.41) is 4.64. The number of fused-ring (bicyclic) bond motifs is 1. The number of hydrogen-bond donors (Lipinski definition) is 1. The molecule has 3 rings (SSSR count). The summed E-state index contributed by atoms with van der Waals surface area (Å²) < 4.78 is 26.2. The number of amides is 1. The highest BCUT2D eigenvalue weighted by molar-refractivity contribution is 7.89. The number of benzene rings is 2. The van der Waals surface area contributed by atoms with Crippen LogP contribution in [0.15, 0.2) is 47.4 Å². The van der Waals surface area contributed by atoms with Crippen LogP contribution in [-0.4, -0.2) is 38.3 Å². The Morgan fingerprint density at radius 2 is 1.86 bits per heavy atom. The van der Waals surface area contributed by atoms with Gasteiger partial charge in [-0.05, 0) is 35.7 Å². The smallest absolute Gasteiger partial charge is 0.243 e. The Balaban J connectivity index is 1.81. The second-order valence-corrected chi connectivity index (χ2v) is 7.66. The first-order chi connectivity index (χ1) is 10.5. The van der Waals surface area contributed by atoms with Crippen LogP contribution in [0.3, 0.4) is 0 Å². The Morgan fingerprint density at radius 3 is 2.55 bits per heavy atom. The van der Waals surface area contributed by atoms with E-state index in [1.807, 2.05) is 24.3 Å². The average Bonchev–Trinajstić information content (AvgIpc) is 3.30. The van der Waals surface area contributed by atoms with E-state index in [1.54, 1.807) is 18.2 Å². The van der Waals surface area contributed by atoms with Gasteiger partial charge < -0.3 is 5.32 Å². The van der Waals surface area contributed by atoms with Gasteiger partial charge in [-0.1, -0.05) is 30.3 Å². The number of carbonyl (C=O) groups is 1. The van der Waals surface area contributed by atoms with Gasteiger partial charge >= 0.3 is 0 Å². The molecule has 0 aliphatic heterocycles. The molecule has 1 aliphatic carbocycles. The molecule has 0 aromatic heterocycles. The molecule has 1 fully saturated rings. The lowest BCUT2D eigenvalue weighted by molar-refractivity contribution is -0.121. The second kappa shape index (κ2) is 5.70. The lowest BCUT2D eigenvalue weighted by atomic mass is 10.1. The fourth-order valence-electron chi connectivity index (χ4n) is 2.30. The Hall–Kier alpha value is -1.92. The van der Waals surface area contributed by atoms with E-state index in [2.05, 4.69) is 5.32 Å². The highest BCUT2D eigenvalue weighted by atomic mass is 32.2. The fourth-order valence-corrected chi connectivity index (χ4v) is 3.46. The molecule has 1 saturated carbocycles. The van der Waals surface area contributed by atoms with Crippen molar-refractivity contribution in [1.29, 1.82) is 0 Å². The van der Waals surface area contributed by atoms with Gasteiger partial charge in [-0.25, -0.2) is 8.42 Å². The van der Waals surface area contributed by atoms with Crippen LogP contribution in [0.1, 0.15) is 12.8 Å². The molecule has 6 heteroatoms. The molecule has 0 unspecified atom stereocenters. The van der Waals surface area contributed by atoms with Crippen molar-refractivity contribution < 1.29 is 13.2 Å². The van der Waals surface area contributed by atoms with E-state index in [0.717, 1.165) is 27.9 Å². The maximum absolute atomic E-state index is 12.6. The molecule has 2 aromatic rings. The highest BCUT2D eigenvalue weighted by Gasteiger charge is 2.27. The summed E-state index contributed by atoms with van der Waals surface area (Å²) in [6.07, 6.45) is 1.96. The monoisotopic (exact) mass is 318 g/mol. The van der Waals surface area contributed by atoms with Crippen molar-refractivity contribution in [2.75, 3.05) is 13.6 Å². The van der Waals surface area contributed by atoms with Gasteiger partial charge in [0.2, 0.25) is 15.9 Å².